The summed E-state index contributed by atoms with van der Waals surface area (Å²) in [6.45, 7) is 4.67. The summed E-state index contributed by atoms with van der Waals surface area (Å²) < 4.78 is 32.0. The molecule has 1 aliphatic rings. The van der Waals surface area contributed by atoms with Crippen LogP contribution in [0.3, 0.4) is 0 Å². The zero-order valence-electron chi connectivity index (χ0n) is 15.9. The average Bonchev–Trinajstić information content (AvgIpc) is 2.61. The highest BCUT2D eigenvalue weighted by Gasteiger charge is 2.32. The number of carbonyl (C=O) groups excluding carboxylic acids is 1. The highest BCUT2D eigenvalue weighted by molar-refractivity contribution is 7.92. The number of rotatable bonds is 9. The Bertz CT molecular complexity index is 701. The van der Waals surface area contributed by atoms with E-state index < -0.39 is 10.0 Å². The molecule has 2 rings (SSSR count). The highest BCUT2D eigenvalue weighted by atomic mass is 35.5. The Morgan fingerprint density at radius 2 is 1.93 bits per heavy atom. The first-order valence-corrected chi connectivity index (χ1v) is 10.6. The fourth-order valence-corrected chi connectivity index (χ4v) is 4.41. The minimum absolute atomic E-state index is 0. The van der Waals surface area contributed by atoms with Crippen LogP contribution in [0.25, 0.3) is 0 Å². The van der Waals surface area contributed by atoms with Gasteiger partial charge >= 0.3 is 0 Å². The number of amides is 1. The Hall–Kier alpha value is -1.35. The monoisotopic (exact) mass is 419 g/mol. The smallest absolute Gasteiger partial charge is 0.253 e. The van der Waals surface area contributed by atoms with Crippen LogP contribution in [0, 0.1) is 5.41 Å². The molecule has 154 valence electrons. The van der Waals surface area contributed by atoms with Gasteiger partial charge in [0.25, 0.3) is 5.91 Å². The fraction of sp³-hybridized carbons (Fsp3) is 0.611. The summed E-state index contributed by atoms with van der Waals surface area (Å²) in [4.78, 5) is 12.7. The van der Waals surface area contributed by atoms with Gasteiger partial charge in [-0.05, 0) is 44.5 Å². The van der Waals surface area contributed by atoms with Crippen molar-refractivity contribution in [1.29, 1.82) is 0 Å². The van der Waals surface area contributed by atoms with Gasteiger partial charge in [-0.25, -0.2) is 8.42 Å². The van der Waals surface area contributed by atoms with E-state index in [2.05, 4.69) is 15.4 Å². The number of hydrogen-bond donors (Lipinski definition) is 3. The first kappa shape index (κ1) is 23.7. The lowest BCUT2D eigenvalue weighted by molar-refractivity contribution is 0.0512. The molecule has 1 heterocycles. The molecule has 0 aliphatic carbocycles. The molecule has 1 aliphatic heterocycles. The molecule has 1 fully saturated rings. The lowest BCUT2D eigenvalue weighted by Crippen LogP contribution is -2.47. The SMILES string of the molecule is CCCS(=O)(=O)Nc1ccccc1C(=O)NCC1(COC)CCNCC1.Cl. The molecule has 27 heavy (non-hydrogen) atoms. The van der Waals surface area contributed by atoms with Crippen molar-refractivity contribution in [1.82, 2.24) is 10.6 Å². The molecule has 1 aromatic rings. The lowest BCUT2D eigenvalue weighted by atomic mass is 9.79. The second-order valence-electron chi connectivity index (χ2n) is 6.83. The molecule has 1 amide bonds. The van der Waals surface area contributed by atoms with E-state index in [9.17, 15) is 13.2 Å². The third-order valence-corrected chi connectivity index (χ3v) is 6.13. The summed E-state index contributed by atoms with van der Waals surface area (Å²) in [5.41, 5.74) is 0.546. The van der Waals surface area contributed by atoms with Gasteiger partial charge in [0, 0.05) is 19.1 Å². The van der Waals surface area contributed by atoms with Gasteiger partial charge in [-0.3, -0.25) is 9.52 Å². The van der Waals surface area contributed by atoms with Gasteiger partial charge in [-0.1, -0.05) is 19.1 Å². The number of piperidine rings is 1. The summed E-state index contributed by atoms with van der Waals surface area (Å²) in [5, 5.41) is 6.29. The first-order valence-electron chi connectivity index (χ1n) is 8.99. The van der Waals surface area contributed by atoms with Crippen LogP contribution in [-0.4, -0.2) is 53.4 Å². The minimum atomic E-state index is -3.46. The van der Waals surface area contributed by atoms with Crippen molar-refractivity contribution in [3.05, 3.63) is 29.8 Å². The van der Waals surface area contributed by atoms with Crippen LogP contribution in [0.5, 0.6) is 0 Å². The molecule has 0 bridgehead atoms. The molecule has 0 aromatic heterocycles. The van der Waals surface area contributed by atoms with Gasteiger partial charge < -0.3 is 15.4 Å². The number of para-hydroxylation sites is 1. The van der Waals surface area contributed by atoms with Gasteiger partial charge in [0.1, 0.15) is 0 Å². The maximum Gasteiger partial charge on any atom is 0.253 e. The second-order valence-corrected chi connectivity index (χ2v) is 8.67. The van der Waals surface area contributed by atoms with E-state index in [1.54, 1.807) is 38.3 Å². The van der Waals surface area contributed by atoms with Gasteiger partial charge in [0.15, 0.2) is 0 Å². The zero-order chi connectivity index (χ0) is 19.0. The molecule has 0 spiro atoms. The van der Waals surface area contributed by atoms with Crippen LogP contribution in [0.15, 0.2) is 24.3 Å². The number of methoxy groups -OCH3 is 1. The van der Waals surface area contributed by atoms with Crippen molar-refractivity contribution in [3.8, 4) is 0 Å². The summed E-state index contributed by atoms with van der Waals surface area (Å²) in [5.74, 6) is -0.263. The summed E-state index contributed by atoms with van der Waals surface area (Å²) in [7, 11) is -1.79. The number of hydrogen-bond acceptors (Lipinski definition) is 5. The lowest BCUT2D eigenvalue weighted by Gasteiger charge is -2.37. The van der Waals surface area contributed by atoms with Crippen molar-refractivity contribution in [2.24, 2.45) is 5.41 Å². The third kappa shape index (κ3) is 6.95. The molecule has 0 saturated carbocycles. The van der Waals surface area contributed by atoms with Gasteiger partial charge in [-0.15, -0.1) is 12.4 Å². The van der Waals surface area contributed by atoms with Crippen molar-refractivity contribution >= 4 is 34.0 Å². The van der Waals surface area contributed by atoms with Gasteiger partial charge in [-0.2, -0.15) is 0 Å². The molecular weight excluding hydrogens is 390 g/mol. The van der Waals surface area contributed by atoms with Crippen LogP contribution >= 0.6 is 12.4 Å². The van der Waals surface area contributed by atoms with Crippen molar-refractivity contribution in [3.63, 3.8) is 0 Å². The molecule has 0 atom stereocenters. The van der Waals surface area contributed by atoms with Crippen molar-refractivity contribution in [2.75, 3.05) is 43.8 Å². The molecule has 3 N–H and O–H groups in total. The predicted octanol–water partition coefficient (Wildman–Crippen LogP) is 2.01. The third-order valence-electron chi connectivity index (χ3n) is 4.65. The van der Waals surface area contributed by atoms with Crippen LogP contribution < -0.4 is 15.4 Å². The summed E-state index contributed by atoms with van der Waals surface area (Å²) >= 11 is 0. The Labute approximate surface area is 168 Å². The number of anilines is 1. The average molecular weight is 420 g/mol. The molecule has 1 aromatic carbocycles. The quantitative estimate of drug-likeness (QED) is 0.569. The Morgan fingerprint density at radius 3 is 2.56 bits per heavy atom. The van der Waals surface area contributed by atoms with Crippen molar-refractivity contribution < 1.29 is 17.9 Å². The minimum Gasteiger partial charge on any atom is -0.384 e. The Kier molecular flexibility index (Phi) is 9.52. The van der Waals surface area contributed by atoms with Crippen molar-refractivity contribution in [2.45, 2.75) is 26.2 Å². The predicted molar refractivity (Wildman–Crippen MR) is 110 cm³/mol. The maximum absolute atomic E-state index is 12.7. The van der Waals surface area contributed by atoms with Gasteiger partial charge in [0.05, 0.1) is 23.6 Å². The number of halogens is 1. The topological polar surface area (TPSA) is 96.5 Å². The first-order chi connectivity index (χ1) is 12.4. The zero-order valence-corrected chi connectivity index (χ0v) is 17.5. The van der Waals surface area contributed by atoms with Crippen LogP contribution in [0.2, 0.25) is 0 Å². The van der Waals surface area contributed by atoms with E-state index in [0.29, 0.717) is 30.8 Å². The highest BCUT2D eigenvalue weighted by Crippen LogP contribution is 2.28. The number of carbonyl (C=O) groups is 1. The molecular formula is C18H30ClN3O4S. The van der Waals surface area contributed by atoms with Crippen LogP contribution in [0.4, 0.5) is 5.69 Å². The molecule has 7 nitrogen and oxygen atoms in total. The molecule has 0 unspecified atom stereocenters. The van der Waals surface area contributed by atoms with E-state index in [-0.39, 0.29) is 29.5 Å². The Balaban J connectivity index is 0.00000364. The molecule has 1 saturated heterocycles. The van der Waals surface area contributed by atoms with E-state index in [4.69, 9.17) is 4.74 Å². The van der Waals surface area contributed by atoms with E-state index >= 15 is 0 Å². The number of benzene rings is 1. The van der Waals surface area contributed by atoms with E-state index in [1.165, 1.54) is 0 Å². The normalized spacial score (nSPS) is 16.2. The fourth-order valence-electron chi connectivity index (χ4n) is 3.26. The maximum atomic E-state index is 12.7. The number of sulfonamides is 1. The van der Waals surface area contributed by atoms with Crippen LogP contribution in [-0.2, 0) is 14.8 Å². The summed E-state index contributed by atoms with van der Waals surface area (Å²) in [6.07, 6.45) is 2.36. The Morgan fingerprint density at radius 1 is 1.26 bits per heavy atom. The molecule has 0 radical (unpaired) electrons. The molecule has 9 heteroatoms. The second kappa shape index (κ2) is 10.8. The number of nitrogens with one attached hydrogen (secondary N) is 3. The largest absolute Gasteiger partial charge is 0.384 e. The van der Waals surface area contributed by atoms with Crippen LogP contribution in [0.1, 0.15) is 36.5 Å². The number of ether oxygens (including phenoxy) is 1. The summed E-state index contributed by atoms with van der Waals surface area (Å²) in [6, 6.07) is 6.67. The van der Waals surface area contributed by atoms with E-state index in [1.807, 2.05) is 0 Å². The standard InChI is InChI=1S/C18H29N3O4S.ClH/c1-3-12-26(23,24)21-16-7-5-4-6-15(16)17(22)20-13-18(14-25-2)8-10-19-11-9-18;/h4-7,19,21H,3,8-14H2,1-2H3,(H,20,22);1H. The van der Waals surface area contributed by atoms with E-state index in [0.717, 1.165) is 25.9 Å². The van der Waals surface area contributed by atoms with Gasteiger partial charge in [0.2, 0.25) is 10.0 Å².